The molecule has 0 saturated heterocycles. The minimum atomic E-state index is -0.235. The number of hydrogen-bond acceptors (Lipinski definition) is 14. The molecule has 0 unspecified atom stereocenters. The number of oxazole rings is 1. The van der Waals surface area contributed by atoms with E-state index >= 15 is 0 Å². The standard InChI is InChI=1S/C24H20N14O3S2/c25-35-11-27-37-21(35)31-33-23(37)42-9-16(39)7-13-1-3-14(4-2-13)20-30-17-8-15(5-6-18(17)41-20)29-19(40)10-43-24-34-32-22-36(26)12-28-38(22)24/h1-6,8,11-12H,7,9-10,25-26H2,(H,29,40). The van der Waals surface area contributed by atoms with E-state index in [0.29, 0.717) is 44.5 Å². The van der Waals surface area contributed by atoms with E-state index in [4.69, 9.17) is 16.1 Å². The van der Waals surface area contributed by atoms with Crippen LogP contribution >= 0.6 is 23.5 Å². The van der Waals surface area contributed by atoms with E-state index in [9.17, 15) is 9.59 Å². The van der Waals surface area contributed by atoms with Crippen LogP contribution in [0.3, 0.4) is 0 Å². The lowest BCUT2D eigenvalue weighted by molar-refractivity contribution is -0.116. The highest BCUT2D eigenvalue weighted by atomic mass is 32.2. The number of nitrogens with zero attached hydrogens (tertiary/aromatic N) is 11. The number of Topliss-reactive ketones (excluding diaryl/α,β-unsaturated/α-hetero) is 1. The van der Waals surface area contributed by atoms with Gasteiger partial charge in [-0.1, -0.05) is 35.7 Å². The molecule has 5 aromatic heterocycles. The lowest BCUT2D eigenvalue weighted by atomic mass is 10.1. The van der Waals surface area contributed by atoms with Gasteiger partial charge in [0.05, 0.1) is 11.5 Å². The average molecular weight is 617 g/mol. The molecule has 0 bridgehead atoms. The molecule has 7 rings (SSSR count). The molecule has 0 aliphatic heterocycles. The van der Waals surface area contributed by atoms with Crippen molar-refractivity contribution in [2.24, 2.45) is 0 Å². The van der Waals surface area contributed by atoms with Crippen LogP contribution in [0.25, 0.3) is 34.1 Å². The van der Waals surface area contributed by atoms with Crippen LogP contribution in [-0.4, -0.2) is 77.2 Å². The molecule has 0 radical (unpaired) electrons. The van der Waals surface area contributed by atoms with Gasteiger partial charge in [-0.15, -0.1) is 20.4 Å². The van der Waals surface area contributed by atoms with Gasteiger partial charge in [0, 0.05) is 17.7 Å². The van der Waals surface area contributed by atoms with E-state index in [1.54, 1.807) is 18.2 Å². The Labute approximate surface area is 248 Å². The van der Waals surface area contributed by atoms with Gasteiger partial charge in [-0.3, -0.25) is 9.59 Å². The van der Waals surface area contributed by atoms with Crippen molar-refractivity contribution in [2.75, 3.05) is 28.5 Å². The summed E-state index contributed by atoms with van der Waals surface area (Å²) in [6.45, 7) is 0. The number of amides is 1. The maximum absolute atomic E-state index is 12.6. The minimum absolute atomic E-state index is 0.0255. The Hall–Kier alpha value is -5.43. The molecule has 0 aliphatic rings. The summed E-state index contributed by atoms with van der Waals surface area (Å²) in [5.41, 5.74) is 3.35. The second kappa shape index (κ2) is 10.8. The summed E-state index contributed by atoms with van der Waals surface area (Å²) in [4.78, 5) is 29.7. The van der Waals surface area contributed by atoms with Crippen LogP contribution < -0.4 is 17.0 Å². The van der Waals surface area contributed by atoms with Gasteiger partial charge >= 0.3 is 0 Å². The number of ketones is 1. The molecule has 0 spiro atoms. The molecule has 5 heterocycles. The first-order valence-corrected chi connectivity index (χ1v) is 14.5. The molecule has 43 heavy (non-hydrogen) atoms. The molecule has 0 saturated carbocycles. The number of carbonyl (C=O) groups is 2. The summed E-state index contributed by atoms with van der Waals surface area (Å²) in [5, 5.41) is 27.9. The number of anilines is 1. The highest BCUT2D eigenvalue weighted by Gasteiger charge is 2.16. The third kappa shape index (κ3) is 5.21. The van der Waals surface area contributed by atoms with Crippen molar-refractivity contribution in [3.63, 3.8) is 0 Å². The molecule has 1 amide bonds. The number of nitrogen functional groups attached to an aromatic ring is 2. The fourth-order valence-electron chi connectivity index (χ4n) is 4.18. The van der Waals surface area contributed by atoms with Crippen molar-refractivity contribution in [1.82, 2.24) is 54.0 Å². The number of nitrogens with one attached hydrogen (secondary N) is 1. The lowest BCUT2D eigenvalue weighted by Gasteiger charge is -2.03. The zero-order valence-corrected chi connectivity index (χ0v) is 23.6. The SMILES string of the molecule is Nn1cnn2c(SCC(=O)Cc3ccc(-c4nc5cc(NC(=O)CSc6nnc7n(N)cnn67)ccc5o4)cc3)nnc12. The van der Waals surface area contributed by atoms with Crippen molar-refractivity contribution >= 4 is 63.6 Å². The number of carbonyl (C=O) groups excluding carboxylic acids is 2. The Kier molecular flexibility index (Phi) is 6.62. The maximum atomic E-state index is 12.6. The molecule has 0 aliphatic carbocycles. The van der Waals surface area contributed by atoms with E-state index in [0.717, 1.165) is 11.1 Å². The van der Waals surface area contributed by atoms with Crippen LogP contribution in [0.2, 0.25) is 0 Å². The van der Waals surface area contributed by atoms with Gasteiger partial charge in [-0.2, -0.15) is 19.2 Å². The normalized spacial score (nSPS) is 11.6. The van der Waals surface area contributed by atoms with Crippen LogP contribution in [0.4, 0.5) is 5.69 Å². The fraction of sp³-hybridized carbons (Fsp3) is 0.125. The third-order valence-corrected chi connectivity index (χ3v) is 8.10. The number of fused-ring (bicyclic) bond motifs is 3. The monoisotopic (exact) mass is 616 g/mol. The lowest BCUT2D eigenvalue weighted by Crippen LogP contribution is -2.14. The van der Waals surface area contributed by atoms with Crippen molar-refractivity contribution < 1.29 is 14.0 Å². The molecule has 0 atom stereocenters. The first kappa shape index (κ1) is 26.5. The first-order chi connectivity index (χ1) is 20.9. The number of nitrogens with two attached hydrogens (primary N) is 2. The van der Waals surface area contributed by atoms with E-state index in [1.165, 1.54) is 54.6 Å². The Balaban J connectivity index is 0.951. The number of hydrogen-bond donors (Lipinski definition) is 3. The molecule has 0 fully saturated rings. The first-order valence-electron chi connectivity index (χ1n) is 12.6. The zero-order valence-electron chi connectivity index (χ0n) is 21.9. The number of benzene rings is 2. The smallest absolute Gasteiger partial charge is 0.273 e. The van der Waals surface area contributed by atoms with Crippen molar-refractivity contribution in [3.05, 3.63) is 60.7 Å². The largest absolute Gasteiger partial charge is 0.436 e. The summed E-state index contributed by atoms with van der Waals surface area (Å²) < 4.78 is 11.4. The zero-order chi connectivity index (χ0) is 29.5. The molecule has 2 aromatic carbocycles. The van der Waals surface area contributed by atoms with Gasteiger partial charge in [0.1, 0.15) is 24.0 Å². The highest BCUT2D eigenvalue weighted by Crippen LogP contribution is 2.27. The Morgan fingerprint density at radius 2 is 1.49 bits per heavy atom. The molecule has 216 valence electrons. The minimum Gasteiger partial charge on any atom is -0.436 e. The quantitative estimate of drug-likeness (QED) is 0.144. The number of thioether (sulfide) groups is 2. The van der Waals surface area contributed by atoms with Gasteiger partial charge in [0.15, 0.2) is 5.58 Å². The van der Waals surface area contributed by atoms with Crippen LogP contribution in [0.1, 0.15) is 5.56 Å². The second-order valence-corrected chi connectivity index (χ2v) is 11.1. The molecule has 19 heteroatoms. The number of rotatable bonds is 10. The van der Waals surface area contributed by atoms with Crippen LogP contribution in [0.5, 0.6) is 0 Å². The van der Waals surface area contributed by atoms with Gasteiger partial charge in [0.2, 0.25) is 22.1 Å². The van der Waals surface area contributed by atoms with E-state index in [2.05, 4.69) is 40.9 Å². The predicted octanol–water partition coefficient (Wildman–Crippen LogP) is 1.04. The van der Waals surface area contributed by atoms with Crippen LogP contribution in [0, 0.1) is 0 Å². The Morgan fingerprint density at radius 3 is 2.16 bits per heavy atom. The van der Waals surface area contributed by atoms with Crippen LogP contribution in [0.15, 0.2) is 69.8 Å². The van der Waals surface area contributed by atoms with Crippen molar-refractivity contribution in [3.8, 4) is 11.5 Å². The van der Waals surface area contributed by atoms with E-state index < -0.39 is 0 Å². The molecule has 5 N–H and O–H groups in total. The van der Waals surface area contributed by atoms with Gasteiger partial charge in [-0.05, 0) is 35.9 Å². The van der Waals surface area contributed by atoms with Gasteiger partial charge in [0.25, 0.3) is 11.6 Å². The van der Waals surface area contributed by atoms with Gasteiger partial charge < -0.3 is 21.4 Å². The van der Waals surface area contributed by atoms with E-state index in [-0.39, 0.29) is 29.6 Å². The highest BCUT2D eigenvalue weighted by molar-refractivity contribution is 8.00. The maximum Gasteiger partial charge on any atom is 0.273 e. The van der Waals surface area contributed by atoms with Crippen molar-refractivity contribution in [1.29, 1.82) is 0 Å². The molecule has 17 nitrogen and oxygen atoms in total. The summed E-state index contributed by atoms with van der Waals surface area (Å²) in [7, 11) is 0. The summed E-state index contributed by atoms with van der Waals surface area (Å²) in [5.74, 6) is 12.7. The third-order valence-electron chi connectivity index (χ3n) is 6.20. The Bertz CT molecular complexity index is 2120. The summed E-state index contributed by atoms with van der Waals surface area (Å²) in [6, 6.07) is 12.7. The average Bonchev–Trinajstić information content (AvgIpc) is 3.82. The Morgan fingerprint density at radius 1 is 0.837 bits per heavy atom. The topological polar surface area (TPSA) is 220 Å². The molecular formula is C24H20N14O3S2. The second-order valence-electron chi connectivity index (χ2n) is 9.20. The van der Waals surface area contributed by atoms with Crippen LogP contribution in [-0.2, 0) is 16.0 Å². The molecular weight excluding hydrogens is 596 g/mol. The fourth-order valence-corrected chi connectivity index (χ4v) is 5.61. The summed E-state index contributed by atoms with van der Waals surface area (Å²) in [6.07, 6.45) is 3.09. The number of aromatic nitrogens is 11. The molecule has 7 aromatic rings. The van der Waals surface area contributed by atoms with Crippen molar-refractivity contribution in [2.45, 2.75) is 16.7 Å². The van der Waals surface area contributed by atoms with Gasteiger partial charge in [-0.25, -0.2) is 14.3 Å². The van der Waals surface area contributed by atoms with E-state index in [1.807, 2.05) is 24.3 Å². The predicted molar refractivity (Wildman–Crippen MR) is 156 cm³/mol. The summed E-state index contributed by atoms with van der Waals surface area (Å²) >= 11 is 2.44.